The van der Waals surface area contributed by atoms with Crippen molar-refractivity contribution < 1.29 is 0 Å². The highest BCUT2D eigenvalue weighted by molar-refractivity contribution is 5.91. The van der Waals surface area contributed by atoms with E-state index in [0.717, 1.165) is 60.3 Å². The fourth-order valence-electron chi connectivity index (χ4n) is 2.88. The van der Waals surface area contributed by atoms with Crippen LogP contribution < -0.4 is 16.0 Å². The Morgan fingerprint density at radius 3 is 2.89 bits per heavy atom. The van der Waals surface area contributed by atoms with Crippen LogP contribution in [0.1, 0.15) is 31.7 Å². The molecule has 0 radical (unpaired) electrons. The molecule has 0 spiro atoms. The predicted molar refractivity (Wildman–Crippen MR) is 115 cm³/mol. The van der Waals surface area contributed by atoms with E-state index in [1.54, 1.807) is 6.20 Å². The van der Waals surface area contributed by atoms with E-state index in [1.165, 1.54) is 0 Å². The van der Waals surface area contributed by atoms with Crippen LogP contribution in [0.15, 0.2) is 30.6 Å². The molecule has 0 aliphatic heterocycles. The summed E-state index contributed by atoms with van der Waals surface area (Å²) >= 11 is 0. The fourth-order valence-corrected chi connectivity index (χ4v) is 2.88. The third kappa shape index (κ3) is 4.78. The first-order valence-electron chi connectivity index (χ1n) is 9.65. The second-order valence-corrected chi connectivity index (χ2v) is 6.53. The van der Waals surface area contributed by atoms with Gasteiger partial charge in [0.2, 0.25) is 5.95 Å². The molecule has 3 N–H and O–H groups in total. The summed E-state index contributed by atoms with van der Waals surface area (Å²) in [7, 11) is 3.88. The topological polar surface area (TPSA) is 79.7 Å². The highest BCUT2D eigenvalue weighted by Crippen LogP contribution is 2.25. The lowest BCUT2D eigenvalue weighted by molar-refractivity contribution is 0.742. The molecule has 0 unspecified atom stereocenters. The Hall–Kier alpha value is -3.11. The summed E-state index contributed by atoms with van der Waals surface area (Å²) in [5, 5.41) is 15.2. The Kier molecular flexibility index (Phi) is 6.82. The number of benzene rings is 1. The molecule has 0 fully saturated rings. The van der Waals surface area contributed by atoms with Crippen LogP contribution in [0, 0.1) is 11.8 Å². The molecule has 0 aliphatic carbocycles. The second-order valence-electron chi connectivity index (χ2n) is 6.53. The minimum atomic E-state index is 0.535. The number of fused-ring (bicyclic) bond motifs is 1. The van der Waals surface area contributed by atoms with Crippen molar-refractivity contribution in [1.82, 2.24) is 25.1 Å². The van der Waals surface area contributed by atoms with Gasteiger partial charge < -0.3 is 16.0 Å². The molecule has 0 atom stereocenters. The maximum atomic E-state index is 4.66. The monoisotopic (exact) mass is 377 g/mol. The second kappa shape index (κ2) is 9.72. The van der Waals surface area contributed by atoms with Crippen molar-refractivity contribution in [2.24, 2.45) is 7.05 Å². The van der Waals surface area contributed by atoms with Crippen LogP contribution in [-0.2, 0) is 7.05 Å². The number of aryl methyl sites for hydroxylation is 1. The molecule has 146 valence electrons. The van der Waals surface area contributed by atoms with Gasteiger partial charge in [0.1, 0.15) is 5.82 Å². The van der Waals surface area contributed by atoms with Crippen LogP contribution in [0.3, 0.4) is 0 Å². The Balaban J connectivity index is 1.84. The number of anilines is 3. The van der Waals surface area contributed by atoms with E-state index < -0.39 is 0 Å². The Morgan fingerprint density at radius 2 is 2.07 bits per heavy atom. The van der Waals surface area contributed by atoms with Gasteiger partial charge in [-0.25, -0.2) is 4.98 Å². The lowest BCUT2D eigenvalue weighted by Crippen LogP contribution is -2.08. The van der Waals surface area contributed by atoms with Crippen molar-refractivity contribution in [3.63, 3.8) is 0 Å². The molecule has 0 saturated heterocycles. The molecule has 2 aromatic heterocycles. The fraction of sp³-hybridized carbons (Fsp3) is 0.381. The van der Waals surface area contributed by atoms with Crippen LogP contribution in [-0.4, -0.2) is 39.9 Å². The molecule has 1 aromatic carbocycles. The number of rotatable bonds is 8. The van der Waals surface area contributed by atoms with Gasteiger partial charge in [0, 0.05) is 25.4 Å². The number of hydrogen-bond acceptors (Lipinski definition) is 6. The molecule has 0 aliphatic rings. The molecule has 7 nitrogen and oxygen atoms in total. The Labute approximate surface area is 166 Å². The quantitative estimate of drug-likeness (QED) is 0.413. The number of nitrogens with one attached hydrogen (secondary N) is 3. The summed E-state index contributed by atoms with van der Waals surface area (Å²) in [4.78, 5) is 9.14. The van der Waals surface area contributed by atoms with Crippen molar-refractivity contribution >= 4 is 28.4 Å². The van der Waals surface area contributed by atoms with Gasteiger partial charge in [-0.05, 0) is 32.5 Å². The van der Waals surface area contributed by atoms with Crippen molar-refractivity contribution in [3.8, 4) is 11.8 Å². The molecular formula is C21H27N7. The van der Waals surface area contributed by atoms with Crippen molar-refractivity contribution in [1.29, 1.82) is 0 Å². The van der Waals surface area contributed by atoms with E-state index >= 15 is 0 Å². The minimum Gasteiger partial charge on any atom is -0.369 e. The summed E-state index contributed by atoms with van der Waals surface area (Å²) in [6.45, 7) is 3.93. The van der Waals surface area contributed by atoms with E-state index in [0.29, 0.717) is 5.95 Å². The maximum Gasteiger partial charge on any atom is 0.229 e. The van der Waals surface area contributed by atoms with Gasteiger partial charge in [-0.3, -0.25) is 4.68 Å². The standard InChI is InChI=1S/C21H27N7/c1-4-12-23-20-17(9-6-5-7-13-22-2)14-24-21(27-20)26-18-11-8-10-16-15-25-28(3)19(16)18/h8,10-11,14-15,22H,4-5,7,12-13H2,1-3H3,(H2,23,24,26,27). The van der Waals surface area contributed by atoms with Crippen LogP contribution in [0.4, 0.5) is 17.5 Å². The van der Waals surface area contributed by atoms with E-state index in [2.05, 4.69) is 49.8 Å². The molecule has 0 saturated carbocycles. The summed E-state index contributed by atoms with van der Waals surface area (Å²) in [5.74, 6) is 7.71. The van der Waals surface area contributed by atoms with Crippen LogP contribution in [0.2, 0.25) is 0 Å². The van der Waals surface area contributed by atoms with Gasteiger partial charge in [-0.2, -0.15) is 10.1 Å². The molecule has 0 amide bonds. The molecule has 2 heterocycles. The van der Waals surface area contributed by atoms with Gasteiger partial charge in [0.25, 0.3) is 0 Å². The zero-order chi connectivity index (χ0) is 19.8. The first kappa shape index (κ1) is 19.6. The summed E-state index contributed by atoms with van der Waals surface area (Å²) in [6.07, 6.45) is 6.51. The Morgan fingerprint density at radius 1 is 1.18 bits per heavy atom. The summed E-state index contributed by atoms with van der Waals surface area (Å²) in [6, 6.07) is 6.03. The van der Waals surface area contributed by atoms with E-state index in [4.69, 9.17) is 0 Å². The number of aromatic nitrogens is 4. The van der Waals surface area contributed by atoms with Gasteiger partial charge in [0.15, 0.2) is 0 Å². The van der Waals surface area contributed by atoms with Gasteiger partial charge in [-0.15, -0.1) is 0 Å². The molecule has 0 bridgehead atoms. The third-order valence-corrected chi connectivity index (χ3v) is 4.29. The zero-order valence-corrected chi connectivity index (χ0v) is 16.7. The molecule has 28 heavy (non-hydrogen) atoms. The number of hydrogen-bond donors (Lipinski definition) is 3. The normalized spacial score (nSPS) is 10.5. The third-order valence-electron chi connectivity index (χ3n) is 4.29. The van der Waals surface area contributed by atoms with Crippen LogP contribution >= 0.6 is 0 Å². The number of unbranched alkanes of at least 4 members (excludes halogenated alkanes) is 1. The highest BCUT2D eigenvalue weighted by Gasteiger charge is 2.09. The van der Waals surface area contributed by atoms with Gasteiger partial charge in [-0.1, -0.05) is 30.9 Å². The summed E-state index contributed by atoms with van der Waals surface area (Å²) < 4.78 is 1.85. The molecule has 3 aromatic rings. The first-order chi connectivity index (χ1) is 13.7. The van der Waals surface area contributed by atoms with Crippen molar-refractivity contribution in [3.05, 3.63) is 36.2 Å². The largest absolute Gasteiger partial charge is 0.369 e. The summed E-state index contributed by atoms with van der Waals surface area (Å²) in [5.41, 5.74) is 2.76. The SMILES string of the molecule is CCCNc1nc(Nc2cccc3cnn(C)c23)ncc1C#CCCCNC. The smallest absolute Gasteiger partial charge is 0.229 e. The maximum absolute atomic E-state index is 4.66. The zero-order valence-electron chi connectivity index (χ0n) is 16.7. The van der Waals surface area contributed by atoms with Gasteiger partial charge in [0.05, 0.1) is 29.2 Å². The number of para-hydroxylation sites is 1. The van der Waals surface area contributed by atoms with Crippen LogP contribution in [0.25, 0.3) is 10.9 Å². The highest BCUT2D eigenvalue weighted by atomic mass is 15.3. The molecular weight excluding hydrogens is 350 g/mol. The number of nitrogens with zero attached hydrogens (tertiary/aromatic N) is 4. The van der Waals surface area contributed by atoms with E-state index in [1.807, 2.05) is 43.2 Å². The lowest BCUT2D eigenvalue weighted by Gasteiger charge is -2.11. The molecule has 3 rings (SSSR count). The lowest BCUT2D eigenvalue weighted by atomic mass is 10.2. The van der Waals surface area contributed by atoms with E-state index in [9.17, 15) is 0 Å². The first-order valence-corrected chi connectivity index (χ1v) is 9.65. The average molecular weight is 377 g/mol. The van der Waals surface area contributed by atoms with Crippen molar-refractivity contribution in [2.75, 3.05) is 30.8 Å². The van der Waals surface area contributed by atoms with E-state index in [-0.39, 0.29) is 0 Å². The van der Waals surface area contributed by atoms with Gasteiger partial charge >= 0.3 is 0 Å². The average Bonchev–Trinajstić information content (AvgIpc) is 3.09. The predicted octanol–water partition coefficient (Wildman–Crippen LogP) is 3.28. The van der Waals surface area contributed by atoms with Crippen molar-refractivity contribution in [2.45, 2.75) is 26.2 Å². The molecule has 7 heteroatoms. The van der Waals surface area contributed by atoms with Crippen LogP contribution in [0.5, 0.6) is 0 Å². The Bertz CT molecular complexity index is 981. The minimum absolute atomic E-state index is 0.535.